The van der Waals surface area contributed by atoms with Gasteiger partial charge in [0.2, 0.25) is 5.91 Å². The monoisotopic (exact) mass is 214 g/mol. The van der Waals surface area contributed by atoms with E-state index in [9.17, 15) is 9.59 Å². The number of carbonyl (C=O) groups excluding carboxylic acids is 2. The lowest BCUT2D eigenvalue weighted by Crippen LogP contribution is -2.33. The van der Waals surface area contributed by atoms with Gasteiger partial charge in [-0.25, -0.2) is 0 Å². The molecule has 2 amide bonds. The van der Waals surface area contributed by atoms with E-state index in [0.717, 1.165) is 4.90 Å². The summed E-state index contributed by atoms with van der Waals surface area (Å²) in [7, 11) is 0. The van der Waals surface area contributed by atoms with Crippen molar-refractivity contribution in [1.29, 1.82) is 5.26 Å². The molecule has 1 saturated heterocycles. The molecule has 1 aliphatic heterocycles. The molecule has 4 heteroatoms. The Balaban J connectivity index is 2.20. The van der Waals surface area contributed by atoms with Crippen LogP contribution >= 0.6 is 0 Å². The summed E-state index contributed by atoms with van der Waals surface area (Å²) >= 11 is 0. The van der Waals surface area contributed by atoms with E-state index in [2.05, 4.69) is 0 Å². The standard InChI is InChI=1S/C12H10N2O2/c13-8-10-6-7-14(12(10)16)11(15)9-4-2-1-3-5-9/h1-5,10H,6-7H2. The van der Waals surface area contributed by atoms with Crippen LogP contribution in [0, 0.1) is 17.2 Å². The molecule has 0 bridgehead atoms. The van der Waals surface area contributed by atoms with Crippen LogP contribution in [-0.4, -0.2) is 23.3 Å². The second-order valence-electron chi connectivity index (χ2n) is 3.63. The van der Waals surface area contributed by atoms with Gasteiger partial charge in [0, 0.05) is 12.1 Å². The largest absolute Gasteiger partial charge is 0.277 e. The molecule has 1 aromatic carbocycles. The van der Waals surface area contributed by atoms with E-state index in [-0.39, 0.29) is 11.8 Å². The van der Waals surface area contributed by atoms with E-state index in [4.69, 9.17) is 5.26 Å². The first-order valence-corrected chi connectivity index (χ1v) is 5.04. The molecular formula is C12H10N2O2. The lowest BCUT2D eigenvalue weighted by molar-refractivity contribution is -0.127. The van der Waals surface area contributed by atoms with Crippen LogP contribution in [-0.2, 0) is 4.79 Å². The van der Waals surface area contributed by atoms with Gasteiger partial charge >= 0.3 is 0 Å². The summed E-state index contributed by atoms with van der Waals surface area (Å²) in [5, 5.41) is 8.70. The van der Waals surface area contributed by atoms with Crippen LogP contribution in [0.1, 0.15) is 16.8 Å². The Hall–Kier alpha value is -2.15. The number of nitrogens with zero attached hydrogens (tertiary/aromatic N) is 2. The summed E-state index contributed by atoms with van der Waals surface area (Å²) in [6, 6.07) is 10.5. The SMILES string of the molecule is N#CC1CCN(C(=O)c2ccccc2)C1=O. The van der Waals surface area contributed by atoms with Crippen molar-refractivity contribution in [3.63, 3.8) is 0 Å². The number of benzene rings is 1. The fourth-order valence-electron chi connectivity index (χ4n) is 1.74. The summed E-state index contributed by atoms with van der Waals surface area (Å²) < 4.78 is 0. The number of carbonyl (C=O) groups is 2. The minimum absolute atomic E-state index is 0.316. The highest BCUT2D eigenvalue weighted by Gasteiger charge is 2.35. The summed E-state index contributed by atoms with van der Waals surface area (Å²) in [4.78, 5) is 24.7. The van der Waals surface area contributed by atoms with Crippen molar-refractivity contribution >= 4 is 11.8 Å². The van der Waals surface area contributed by atoms with Crippen LogP contribution in [0.25, 0.3) is 0 Å². The van der Waals surface area contributed by atoms with Gasteiger partial charge in [0.1, 0.15) is 5.92 Å². The van der Waals surface area contributed by atoms with E-state index in [0.29, 0.717) is 18.5 Å². The second kappa shape index (κ2) is 4.15. The first kappa shape index (κ1) is 10.4. The molecule has 0 aliphatic carbocycles. The number of likely N-dealkylation sites (tertiary alicyclic amines) is 1. The predicted molar refractivity (Wildman–Crippen MR) is 56.2 cm³/mol. The molecule has 1 heterocycles. The third-order valence-electron chi connectivity index (χ3n) is 2.63. The van der Waals surface area contributed by atoms with Crippen molar-refractivity contribution in [3.05, 3.63) is 35.9 Å². The normalized spacial score (nSPS) is 19.6. The van der Waals surface area contributed by atoms with Gasteiger partial charge in [0.25, 0.3) is 5.91 Å². The lowest BCUT2D eigenvalue weighted by atomic mass is 10.1. The zero-order chi connectivity index (χ0) is 11.5. The van der Waals surface area contributed by atoms with Crippen molar-refractivity contribution in [1.82, 2.24) is 4.90 Å². The third-order valence-corrected chi connectivity index (χ3v) is 2.63. The van der Waals surface area contributed by atoms with Gasteiger partial charge in [-0.15, -0.1) is 0 Å². The zero-order valence-electron chi connectivity index (χ0n) is 8.59. The molecule has 0 aromatic heterocycles. The molecule has 0 spiro atoms. The molecule has 16 heavy (non-hydrogen) atoms. The summed E-state index contributed by atoms with van der Waals surface area (Å²) in [6.07, 6.45) is 0.438. The topological polar surface area (TPSA) is 61.2 Å². The van der Waals surface area contributed by atoms with E-state index in [1.54, 1.807) is 30.3 Å². The number of imide groups is 1. The first-order valence-electron chi connectivity index (χ1n) is 5.04. The average molecular weight is 214 g/mol. The number of hydrogen-bond acceptors (Lipinski definition) is 3. The Morgan fingerprint density at radius 2 is 2.06 bits per heavy atom. The molecule has 1 fully saturated rings. The van der Waals surface area contributed by atoms with Crippen LogP contribution in [0.2, 0.25) is 0 Å². The third kappa shape index (κ3) is 1.68. The predicted octanol–water partition coefficient (Wildman–Crippen LogP) is 1.20. The van der Waals surface area contributed by atoms with Crippen molar-refractivity contribution in [2.45, 2.75) is 6.42 Å². The Bertz CT molecular complexity index is 462. The number of rotatable bonds is 1. The molecule has 1 unspecified atom stereocenters. The summed E-state index contributed by atoms with van der Waals surface area (Å²) in [5.41, 5.74) is 0.481. The van der Waals surface area contributed by atoms with Crippen LogP contribution in [0.3, 0.4) is 0 Å². The van der Waals surface area contributed by atoms with Crippen molar-refractivity contribution < 1.29 is 9.59 Å². The molecule has 1 atom stereocenters. The Kier molecular flexibility index (Phi) is 2.69. The van der Waals surface area contributed by atoms with Crippen LogP contribution in [0.5, 0.6) is 0 Å². The quantitative estimate of drug-likeness (QED) is 0.660. The van der Waals surface area contributed by atoms with Gasteiger partial charge in [0.05, 0.1) is 6.07 Å². The van der Waals surface area contributed by atoms with E-state index >= 15 is 0 Å². The van der Waals surface area contributed by atoms with Gasteiger partial charge in [-0.05, 0) is 18.6 Å². The second-order valence-corrected chi connectivity index (χ2v) is 3.63. The molecule has 1 aliphatic rings. The van der Waals surface area contributed by atoms with E-state index < -0.39 is 5.92 Å². The van der Waals surface area contributed by atoms with Gasteiger partial charge in [-0.3, -0.25) is 14.5 Å². The van der Waals surface area contributed by atoms with Crippen molar-refractivity contribution in [2.75, 3.05) is 6.54 Å². The van der Waals surface area contributed by atoms with Gasteiger partial charge < -0.3 is 0 Å². The highest BCUT2D eigenvalue weighted by Crippen LogP contribution is 2.19. The van der Waals surface area contributed by atoms with Crippen molar-refractivity contribution in [2.24, 2.45) is 5.92 Å². The van der Waals surface area contributed by atoms with Gasteiger partial charge in [-0.2, -0.15) is 5.26 Å². The van der Waals surface area contributed by atoms with E-state index in [1.165, 1.54) is 0 Å². The summed E-state index contributed by atoms with van der Waals surface area (Å²) in [6.45, 7) is 0.338. The molecule has 80 valence electrons. The average Bonchev–Trinajstić information content (AvgIpc) is 2.70. The summed E-state index contributed by atoms with van der Waals surface area (Å²) in [5.74, 6) is -1.35. The minimum atomic E-state index is -0.660. The molecular weight excluding hydrogens is 204 g/mol. The van der Waals surface area contributed by atoms with Crippen molar-refractivity contribution in [3.8, 4) is 6.07 Å². The van der Waals surface area contributed by atoms with E-state index in [1.807, 2.05) is 6.07 Å². The van der Waals surface area contributed by atoms with Crippen LogP contribution < -0.4 is 0 Å². The molecule has 0 radical (unpaired) electrons. The Morgan fingerprint density at radius 1 is 1.38 bits per heavy atom. The molecule has 2 rings (SSSR count). The maximum absolute atomic E-state index is 11.9. The maximum atomic E-state index is 11.9. The van der Waals surface area contributed by atoms with Gasteiger partial charge in [0.15, 0.2) is 0 Å². The van der Waals surface area contributed by atoms with Crippen LogP contribution in [0.15, 0.2) is 30.3 Å². The highest BCUT2D eigenvalue weighted by atomic mass is 16.2. The molecule has 4 nitrogen and oxygen atoms in total. The smallest absolute Gasteiger partial charge is 0.260 e. The molecule has 0 N–H and O–H groups in total. The maximum Gasteiger partial charge on any atom is 0.260 e. The zero-order valence-corrected chi connectivity index (χ0v) is 8.59. The Morgan fingerprint density at radius 3 is 2.62 bits per heavy atom. The number of hydrogen-bond donors (Lipinski definition) is 0. The fraction of sp³-hybridized carbons (Fsp3) is 0.250. The number of amides is 2. The van der Waals surface area contributed by atoms with Crippen LogP contribution in [0.4, 0.5) is 0 Å². The highest BCUT2D eigenvalue weighted by molar-refractivity contribution is 6.06. The molecule has 1 aromatic rings. The number of nitriles is 1. The minimum Gasteiger partial charge on any atom is -0.277 e. The first-order chi connectivity index (χ1) is 7.74. The Labute approximate surface area is 93.1 Å². The van der Waals surface area contributed by atoms with Gasteiger partial charge in [-0.1, -0.05) is 18.2 Å². The molecule has 0 saturated carbocycles. The lowest BCUT2D eigenvalue weighted by Gasteiger charge is -2.13. The fourth-order valence-corrected chi connectivity index (χ4v) is 1.74.